The van der Waals surface area contributed by atoms with Crippen LogP contribution in [-0.4, -0.2) is 27.8 Å². The molecule has 0 heterocycles. The van der Waals surface area contributed by atoms with E-state index in [0.717, 1.165) is 23.8 Å². The van der Waals surface area contributed by atoms with Crippen molar-refractivity contribution in [2.45, 2.75) is 19.6 Å². The van der Waals surface area contributed by atoms with Crippen molar-refractivity contribution in [3.8, 4) is 0 Å². The first-order valence-electron chi connectivity index (χ1n) is 10.2. The Hall–Kier alpha value is -4.51. The van der Waals surface area contributed by atoms with E-state index in [4.69, 9.17) is 16.3 Å². The number of amides is 1. The number of nitro groups is 2. The Kier molecular flexibility index (Phi) is 7.95. The summed E-state index contributed by atoms with van der Waals surface area (Å²) in [5.41, 5.74) is 0.526. The summed E-state index contributed by atoms with van der Waals surface area (Å²) in [6.07, 6.45) is -1.29. The van der Waals surface area contributed by atoms with Gasteiger partial charge < -0.3 is 15.4 Å². The third kappa shape index (κ3) is 6.51. The van der Waals surface area contributed by atoms with Gasteiger partial charge in [-0.05, 0) is 30.7 Å². The van der Waals surface area contributed by atoms with E-state index in [1.165, 1.54) is 25.1 Å². The fraction of sp³-hybridized carbons (Fsp3) is 0.130. The number of hydrogen-bond acceptors (Lipinski definition) is 8. The first kappa shape index (κ1) is 25.1. The molecule has 3 rings (SSSR count). The standard InChI is InChI=1S/C23H19ClN4O7/c1-14(22(29)26-19-10-8-17(27(31)32)12-18(19)24)35-23(30)16-7-9-20(21(11-16)28(33)34)25-13-15-5-3-2-4-6-15/h2-12,14,25H,13H2,1H3,(H,26,29). The fourth-order valence-corrected chi connectivity index (χ4v) is 3.21. The van der Waals surface area contributed by atoms with E-state index in [0.29, 0.717) is 6.54 Å². The lowest BCUT2D eigenvalue weighted by Crippen LogP contribution is -2.30. The average molecular weight is 499 g/mol. The molecule has 11 nitrogen and oxygen atoms in total. The molecule has 0 saturated heterocycles. The van der Waals surface area contributed by atoms with Gasteiger partial charge in [0.25, 0.3) is 17.3 Å². The second-order valence-electron chi connectivity index (χ2n) is 7.29. The van der Waals surface area contributed by atoms with Gasteiger partial charge in [0.15, 0.2) is 6.10 Å². The predicted molar refractivity (Wildman–Crippen MR) is 128 cm³/mol. The molecule has 0 bridgehead atoms. The van der Waals surface area contributed by atoms with Crippen LogP contribution in [-0.2, 0) is 16.1 Å². The van der Waals surface area contributed by atoms with Gasteiger partial charge in [0.05, 0.1) is 26.1 Å². The molecule has 35 heavy (non-hydrogen) atoms. The highest BCUT2D eigenvalue weighted by atomic mass is 35.5. The molecule has 0 aliphatic carbocycles. The SMILES string of the molecule is CC(OC(=O)c1ccc(NCc2ccccc2)c([N+](=O)[O-])c1)C(=O)Nc1ccc([N+](=O)[O-])cc1Cl. The number of non-ortho nitro benzene ring substituents is 1. The minimum atomic E-state index is -1.29. The summed E-state index contributed by atoms with van der Waals surface area (Å²) >= 11 is 5.95. The lowest BCUT2D eigenvalue weighted by Gasteiger charge is -2.14. The number of halogens is 1. The van der Waals surface area contributed by atoms with Gasteiger partial charge in [-0.1, -0.05) is 41.9 Å². The average Bonchev–Trinajstić information content (AvgIpc) is 2.84. The summed E-state index contributed by atoms with van der Waals surface area (Å²) < 4.78 is 5.13. The highest BCUT2D eigenvalue weighted by molar-refractivity contribution is 6.34. The second kappa shape index (κ2) is 11.1. The van der Waals surface area contributed by atoms with Crippen LogP contribution in [0.1, 0.15) is 22.8 Å². The molecule has 0 radical (unpaired) electrons. The lowest BCUT2D eigenvalue weighted by molar-refractivity contribution is -0.384. The maximum Gasteiger partial charge on any atom is 0.339 e. The monoisotopic (exact) mass is 498 g/mol. The van der Waals surface area contributed by atoms with Gasteiger partial charge in [-0.25, -0.2) is 4.79 Å². The zero-order valence-electron chi connectivity index (χ0n) is 18.3. The summed E-state index contributed by atoms with van der Waals surface area (Å²) in [6.45, 7) is 1.64. The Balaban J connectivity index is 1.67. The van der Waals surface area contributed by atoms with Crippen LogP contribution in [0, 0.1) is 20.2 Å². The van der Waals surface area contributed by atoms with Crippen molar-refractivity contribution in [3.05, 3.63) is 103 Å². The van der Waals surface area contributed by atoms with E-state index >= 15 is 0 Å². The molecule has 1 atom stereocenters. The number of hydrogen-bond donors (Lipinski definition) is 2. The first-order chi connectivity index (χ1) is 16.7. The normalized spacial score (nSPS) is 11.3. The Morgan fingerprint density at radius 2 is 1.66 bits per heavy atom. The molecule has 3 aromatic rings. The number of nitrogens with zero attached hydrogens (tertiary/aromatic N) is 2. The number of rotatable bonds is 9. The Morgan fingerprint density at radius 3 is 2.29 bits per heavy atom. The largest absolute Gasteiger partial charge is 0.449 e. The van der Waals surface area contributed by atoms with E-state index in [-0.39, 0.29) is 33.3 Å². The number of ether oxygens (including phenoxy) is 1. The van der Waals surface area contributed by atoms with Crippen molar-refractivity contribution in [3.63, 3.8) is 0 Å². The molecular formula is C23H19ClN4O7. The quantitative estimate of drug-likeness (QED) is 0.238. The van der Waals surface area contributed by atoms with Crippen molar-refractivity contribution in [1.82, 2.24) is 0 Å². The topological polar surface area (TPSA) is 154 Å². The third-order valence-corrected chi connectivity index (χ3v) is 5.14. The summed E-state index contributed by atoms with van der Waals surface area (Å²) in [6, 6.07) is 16.5. The van der Waals surface area contributed by atoms with Crippen LogP contribution in [0.15, 0.2) is 66.7 Å². The second-order valence-corrected chi connectivity index (χ2v) is 7.69. The van der Waals surface area contributed by atoms with Gasteiger partial charge in [0, 0.05) is 24.7 Å². The number of carbonyl (C=O) groups excluding carboxylic acids is 2. The number of nitro benzene ring substituents is 2. The van der Waals surface area contributed by atoms with Gasteiger partial charge >= 0.3 is 5.97 Å². The number of esters is 1. The Morgan fingerprint density at radius 1 is 0.971 bits per heavy atom. The molecule has 1 amide bonds. The van der Waals surface area contributed by atoms with E-state index in [2.05, 4.69) is 10.6 Å². The lowest BCUT2D eigenvalue weighted by atomic mass is 10.1. The maximum absolute atomic E-state index is 12.5. The number of carbonyl (C=O) groups is 2. The highest BCUT2D eigenvalue weighted by Crippen LogP contribution is 2.28. The van der Waals surface area contributed by atoms with Crippen molar-refractivity contribution in [2.24, 2.45) is 0 Å². The van der Waals surface area contributed by atoms with Gasteiger partial charge in [0.2, 0.25) is 0 Å². The van der Waals surface area contributed by atoms with Crippen molar-refractivity contribution >= 4 is 46.2 Å². The molecule has 0 aliphatic rings. The van der Waals surface area contributed by atoms with E-state index in [9.17, 15) is 29.8 Å². The number of benzene rings is 3. The first-order valence-corrected chi connectivity index (χ1v) is 10.6. The minimum Gasteiger partial charge on any atom is -0.449 e. The summed E-state index contributed by atoms with van der Waals surface area (Å²) in [7, 11) is 0. The fourth-order valence-electron chi connectivity index (χ4n) is 2.99. The molecule has 0 aliphatic heterocycles. The summed E-state index contributed by atoms with van der Waals surface area (Å²) in [4.78, 5) is 46.0. The van der Waals surface area contributed by atoms with Crippen LogP contribution in [0.25, 0.3) is 0 Å². The Bertz CT molecular complexity index is 1280. The van der Waals surface area contributed by atoms with Gasteiger partial charge in [0.1, 0.15) is 5.69 Å². The maximum atomic E-state index is 12.5. The zero-order valence-corrected chi connectivity index (χ0v) is 19.0. The molecule has 2 N–H and O–H groups in total. The van der Waals surface area contributed by atoms with Gasteiger partial charge in [-0.3, -0.25) is 25.0 Å². The van der Waals surface area contributed by atoms with E-state index < -0.39 is 27.8 Å². The molecule has 0 spiro atoms. The molecular weight excluding hydrogens is 480 g/mol. The van der Waals surface area contributed by atoms with Crippen LogP contribution in [0.4, 0.5) is 22.7 Å². The van der Waals surface area contributed by atoms with Crippen LogP contribution in [0.2, 0.25) is 5.02 Å². The van der Waals surface area contributed by atoms with Crippen molar-refractivity contribution in [2.75, 3.05) is 10.6 Å². The molecule has 3 aromatic carbocycles. The highest BCUT2D eigenvalue weighted by Gasteiger charge is 2.23. The van der Waals surface area contributed by atoms with Gasteiger partial charge in [-0.15, -0.1) is 0 Å². The van der Waals surface area contributed by atoms with Crippen LogP contribution in [0.3, 0.4) is 0 Å². The summed E-state index contributed by atoms with van der Waals surface area (Å²) in [5, 5.41) is 27.6. The van der Waals surface area contributed by atoms with Crippen LogP contribution in [0.5, 0.6) is 0 Å². The third-order valence-electron chi connectivity index (χ3n) is 4.83. The van der Waals surface area contributed by atoms with E-state index in [1.807, 2.05) is 30.3 Å². The van der Waals surface area contributed by atoms with E-state index in [1.54, 1.807) is 0 Å². The van der Waals surface area contributed by atoms with Gasteiger partial charge in [-0.2, -0.15) is 0 Å². The summed E-state index contributed by atoms with van der Waals surface area (Å²) in [5.74, 6) is -1.69. The van der Waals surface area contributed by atoms with Crippen molar-refractivity contribution < 1.29 is 24.2 Å². The Labute approximate surface area is 204 Å². The molecule has 12 heteroatoms. The molecule has 0 fully saturated rings. The van der Waals surface area contributed by atoms with Crippen LogP contribution < -0.4 is 10.6 Å². The number of anilines is 2. The molecule has 1 unspecified atom stereocenters. The smallest absolute Gasteiger partial charge is 0.339 e. The number of nitrogens with one attached hydrogen (secondary N) is 2. The molecule has 180 valence electrons. The predicted octanol–water partition coefficient (Wildman–Crippen LogP) is 4.95. The zero-order chi connectivity index (χ0) is 25.5. The molecule has 0 saturated carbocycles. The van der Waals surface area contributed by atoms with Crippen LogP contribution >= 0.6 is 11.6 Å². The van der Waals surface area contributed by atoms with Crippen molar-refractivity contribution in [1.29, 1.82) is 0 Å². The minimum absolute atomic E-state index is 0.0692. The molecule has 0 aromatic heterocycles.